The van der Waals surface area contributed by atoms with Crippen molar-refractivity contribution < 1.29 is 13.5 Å². The molecule has 5 rings (SSSR count). The van der Waals surface area contributed by atoms with Gasteiger partial charge in [0.1, 0.15) is 0 Å². The Labute approximate surface area is 160 Å². The summed E-state index contributed by atoms with van der Waals surface area (Å²) in [6.45, 7) is 5.93. The van der Waals surface area contributed by atoms with E-state index in [0.717, 1.165) is 5.56 Å². The van der Waals surface area contributed by atoms with Crippen molar-refractivity contribution in [1.29, 1.82) is 0 Å². The second-order valence-corrected chi connectivity index (χ2v) is 9.10. The molecule has 0 spiro atoms. The number of fused-ring (bicyclic) bond motifs is 3. The molecule has 3 aliphatic carbocycles. The van der Waals surface area contributed by atoms with Crippen molar-refractivity contribution in [2.24, 2.45) is 5.41 Å². The summed E-state index contributed by atoms with van der Waals surface area (Å²) >= 11 is 0. The maximum atomic E-state index is 14.3. The smallest absolute Gasteiger partial charge is 0.191 e. The third kappa shape index (κ3) is 3.37. The maximum absolute atomic E-state index is 14.3. The van der Waals surface area contributed by atoms with E-state index in [4.69, 9.17) is 4.74 Å². The average Bonchev–Trinajstić information content (AvgIpc) is 2.65. The summed E-state index contributed by atoms with van der Waals surface area (Å²) in [5, 5.41) is 0. The highest BCUT2D eigenvalue weighted by Crippen LogP contribution is 2.57. The number of halogens is 2. The van der Waals surface area contributed by atoms with Gasteiger partial charge in [0.25, 0.3) is 0 Å². The van der Waals surface area contributed by atoms with Gasteiger partial charge in [-0.05, 0) is 92.0 Å². The van der Waals surface area contributed by atoms with Crippen LogP contribution in [0.5, 0.6) is 5.75 Å². The molecular formula is C24H28F2O. The Hall–Kier alpha value is -1.90. The summed E-state index contributed by atoms with van der Waals surface area (Å²) in [7, 11) is 0. The average molecular weight is 370 g/mol. The molecule has 3 fully saturated rings. The van der Waals surface area contributed by atoms with Crippen LogP contribution in [0.15, 0.2) is 36.4 Å². The molecule has 3 heteroatoms. The molecule has 3 saturated carbocycles. The minimum Gasteiger partial charge on any atom is -0.485 e. The van der Waals surface area contributed by atoms with Crippen LogP contribution in [-0.2, 0) is 5.41 Å². The zero-order valence-corrected chi connectivity index (χ0v) is 16.4. The van der Waals surface area contributed by atoms with Gasteiger partial charge in [-0.25, -0.2) is 8.78 Å². The second-order valence-electron chi connectivity index (χ2n) is 9.10. The van der Waals surface area contributed by atoms with Gasteiger partial charge in [0.2, 0.25) is 0 Å². The molecule has 2 aromatic carbocycles. The summed E-state index contributed by atoms with van der Waals surface area (Å²) in [4.78, 5) is 0. The molecule has 3 aliphatic rings. The number of benzene rings is 2. The zero-order chi connectivity index (χ0) is 19.2. The lowest BCUT2D eigenvalue weighted by atomic mass is 9.52. The van der Waals surface area contributed by atoms with Crippen molar-refractivity contribution in [3.63, 3.8) is 0 Å². The molecule has 0 heterocycles. The number of hydrogen-bond acceptors (Lipinski definition) is 1. The Bertz CT molecular complexity index is 790. The fraction of sp³-hybridized carbons (Fsp3) is 0.500. The van der Waals surface area contributed by atoms with E-state index in [1.54, 1.807) is 13.8 Å². The van der Waals surface area contributed by atoms with Gasteiger partial charge in [-0.1, -0.05) is 31.2 Å². The van der Waals surface area contributed by atoms with Gasteiger partial charge in [0, 0.05) is 0 Å². The van der Waals surface area contributed by atoms with Crippen LogP contribution >= 0.6 is 0 Å². The fourth-order valence-electron chi connectivity index (χ4n) is 4.90. The summed E-state index contributed by atoms with van der Waals surface area (Å²) in [5.74, 6) is -1.60. The molecule has 2 aromatic rings. The van der Waals surface area contributed by atoms with E-state index in [1.165, 1.54) is 56.2 Å². The molecular weight excluding hydrogens is 342 g/mol. The van der Waals surface area contributed by atoms with Crippen LogP contribution in [0.4, 0.5) is 8.78 Å². The van der Waals surface area contributed by atoms with E-state index in [2.05, 4.69) is 19.1 Å². The first-order valence-corrected chi connectivity index (χ1v) is 10.1. The highest BCUT2D eigenvalue weighted by molar-refractivity contribution is 5.65. The standard InChI is InChI=1S/C24H28F2O/c1-16(2)27-22-20(25)14-18(15-21(22)26)17-4-6-19(7-5-17)24-11-8-23(3,9-12-24)10-13-24/h4-7,14-16H,8-13H2,1-3H3. The van der Waals surface area contributed by atoms with Crippen LogP contribution in [0, 0.1) is 17.0 Å². The van der Waals surface area contributed by atoms with Gasteiger partial charge in [-0.15, -0.1) is 0 Å². The van der Waals surface area contributed by atoms with Crippen LogP contribution in [0.1, 0.15) is 64.9 Å². The lowest BCUT2D eigenvalue weighted by Crippen LogP contribution is -2.42. The Balaban J connectivity index is 1.60. The third-order valence-electron chi connectivity index (χ3n) is 6.80. The first kappa shape index (κ1) is 18.5. The first-order valence-electron chi connectivity index (χ1n) is 10.1. The van der Waals surface area contributed by atoms with Gasteiger partial charge >= 0.3 is 0 Å². The Morgan fingerprint density at radius 2 is 1.33 bits per heavy atom. The third-order valence-corrected chi connectivity index (χ3v) is 6.80. The Morgan fingerprint density at radius 3 is 1.81 bits per heavy atom. The lowest BCUT2D eigenvalue weighted by Gasteiger charge is -2.52. The summed E-state index contributed by atoms with van der Waals surface area (Å²) in [6, 6.07) is 11.1. The predicted molar refractivity (Wildman–Crippen MR) is 105 cm³/mol. The first-order chi connectivity index (χ1) is 12.8. The molecule has 0 aromatic heterocycles. The van der Waals surface area contributed by atoms with Crippen LogP contribution in [-0.4, -0.2) is 6.10 Å². The van der Waals surface area contributed by atoms with E-state index in [-0.39, 0.29) is 11.9 Å². The molecule has 0 radical (unpaired) electrons. The van der Waals surface area contributed by atoms with E-state index in [9.17, 15) is 8.78 Å². The molecule has 0 N–H and O–H groups in total. The SMILES string of the molecule is CC(C)Oc1c(F)cc(-c2ccc(C34CCC(C)(CC3)CC4)cc2)cc1F. The van der Waals surface area contributed by atoms with Crippen molar-refractivity contribution in [3.05, 3.63) is 53.6 Å². The normalized spacial score (nSPS) is 27.2. The van der Waals surface area contributed by atoms with Crippen molar-refractivity contribution in [2.75, 3.05) is 0 Å². The van der Waals surface area contributed by atoms with E-state index < -0.39 is 11.6 Å². The van der Waals surface area contributed by atoms with Gasteiger partial charge in [-0.2, -0.15) is 0 Å². The van der Waals surface area contributed by atoms with Gasteiger partial charge in [0.15, 0.2) is 17.4 Å². The van der Waals surface area contributed by atoms with Crippen LogP contribution in [0.2, 0.25) is 0 Å². The molecule has 2 bridgehead atoms. The van der Waals surface area contributed by atoms with E-state index in [1.807, 2.05) is 12.1 Å². The highest BCUT2D eigenvalue weighted by Gasteiger charge is 2.46. The van der Waals surface area contributed by atoms with Crippen LogP contribution in [0.3, 0.4) is 0 Å². The minimum atomic E-state index is -0.653. The topological polar surface area (TPSA) is 9.23 Å². The molecule has 0 atom stereocenters. The monoisotopic (exact) mass is 370 g/mol. The molecule has 0 amide bonds. The van der Waals surface area contributed by atoms with Crippen molar-refractivity contribution in [1.82, 2.24) is 0 Å². The minimum absolute atomic E-state index is 0.272. The van der Waals surface area contributed by atoms with E-state index >= 15 is 0 Å². The quantitative estimate of drug-likeness (QED) is 0.561. The fourth-order valence-corrected chi connectivity index (χ4v) is 4.90. The molecule has 1 nitrogen and oxygen atoms in total. The van der Waals surface area contributed by atoms with Crippen LogP contribution < -0.4 is 4.74 Å². The van der Waals surface area contributed by atoms with Gasteiger partial charge in [0.05, 0.1) is 6.10 Å². The summed E-state index contributed by atoms with van der Waals surface area (Å²) in [6.07, 6.45) is 7.42. The summed E-state index contributed by atoms with van der Waals surface area (Å²) < 4.78 is 33.9. The van der Waals surface area contributed by atoms with Crippen molar-refractivity contribution in [2.45, 2.75) is 70.8 Å². The molecule has 0 aliphatic heterocycles. The molecule has 0 saturated heterocycles. The number of rotatable bonds is 4. The molecule has 144 valence electrons. The van der Waals surface area contributed by atoms with E-state index in [0.29, 0.717) is 16.4 Å². The Kier molecular flexibility index (Phi) is 4.52. The number of hydrogen-bond donors (Lipinski definition) is 0. The zero-order valence-electron chi connectivity index (χ0n) is 16.4. The lowest BCUT2D eigenvalue weighted by molar-refractivity contribution is 0.0556. The largest absolute Gasteiger partial charge is 0.485 e. The van der Waals surface area contributed by atoms with Gasteiger partial charge in [-0.3, -0.25) is 0 Å². The molecule has 27 heavy (non-hydrogen) atoms. The van der Waals surface area contributed by atoms with Crippen molar-refractivity contribution in [3.8, 4) is 16.9 Å². The maximum Gasteiger partial charge on any atom is 0.191 e. The van der Waals surface area contributed by atoms with Crippen LogP contribution in [0.25, 0.3) is 11.1 Å². The van der Waals surface area contributed by atoms with Crippen molar-refractivity contribution >= 4 is 0 Å². The number of ether oxygens (including phenoxy) is 1. The van der Waals surface area contributed by atoms with Gasteiger partial charge < -0.3 is 4.74 Å². The second kappa shape index (κ2) is 6.61. The highest BCUT2D eigenvalue weighted by atomic mass is 19.1. The Morgan fingerprint density at radius 1 is 0.815 bits per heavy atom. The predicted octanol–water partition coefficient (Wildman–Crippen LogP) is 7.03. The summed E-state index contributed by atoms with van der Waals surface area (Å²) in [5.41, 5.74) is 3.62. The molecule has 0 unspecified atom stereocenters.